The fourth-order valence-corrected chi connectivity index (χ4v) is 2.21. The van der Waals surface area contributed by atoms with Crippen molar-refractivity contribution in [2.45, 2.75) is 6.42 Å². The lowest BCUT2D eigenvalue weighted by atomic mass is 10.2. The smallest absolute Gasteiger partial charge is 0.0659 e. The van der Waals surface area contributed by atoms with Gasteiger partial charge in [-0.1, -0.05) is 11.6 Å². The van der Waals surface area contributed by atoms with Crippen molar-refractivity contribution in [1.82, 2.24) is 0 Å². The van der Waals surface area contributed by atoms with Crippen molar-refractivity contribution in [1.29, 1.82) is 0 Å². The van der Waals surface area contributed by atoms with E-state index < -0.39 is 0 Å². The second kappa shape index (κ2) is 6.92. The topological polar surface area (TPSA) is 15.3 Å². The van der Waals surface area contributed by atoms with Crippen LogP contribution in [0.5, 0.6) is 0 Å². The van der Waals surface area contributed by atoms with Gasteiger partial charge in [0.1, 0.15) is 0 Å². The van der Waals surface area contributed by atoms with E-state index in [0.717, 1.165) is 22.9 Å². The van der Waals surface area contributed by atoms with Crippen LogP contribution in [0.4, 0.5) is 11.4 Å². The van der Waals surface area contributed by atoms with Gasteiger partial charge < -0.3 is 10.2 Å². The van der Waals surface area contributed by atoms with E-state index >= 15 is 0 Å². The summed E-state index contributed by atoms with van der Waals surface area (Å²) >= 11 is 8.05. The summed E-state index contributed by atoms with van der Waals surface area (Å²) in [4.78, 5) is 2.01. The molecule has 0 saturated heterocycles. The van der Waals surface area contributed by atoms with Crippen molar-refractivity contribution in [3.8, 4) is 0 Å². The van der Waals surface area contributed by atoms with Gasteiger partial charge in [0.2, 0.25) is 0 Å². The Kier molecular flexibility index (Phi) is 5.85. The van der Waals surface area contributed by atoms with E-state index in [1.807, 2.05) is 42.9 Å². The van der Waals surface area contributed by atoms with E-state index in [9.17, 15) is 0 Å². The third-order valence-corrected chi connectivity index (χ3v) is 3.28. The van der Waals surface area contributed by atoms with Gasteiger partial charge in [-0.05, 0) is 36.6 Å². The van der Waals surface area contributed by atoms with Crippen LogP contribution in [-0.2, 0) is 0 Å². The van der Waals surface area contributed by atoms with Crippen LogP contribution in [0.25, 0.3) is 0 Å². The Hall–Kier alpha value is -0.540. The van der Waals surface area contributed by atoms with Crippen molar-refractivity contribution >= 4 is 34.7 Å². The monoisotopic (exact) mass is 258 g/mol. The average molecular weight is 259 g/mol. The molecule has 1 aromatic rings. The van der Waals surface area contributed by atoms with Gasteiger partial charge in [-0.2, -0.15) is 11.8 Å². The lowest BCUT2D eigenvalue weighted by Gasteiger charge is -2.15. The number of halogens is 1. The van der Waals surface area contributed by atoms with Crippen molar-refractivity contribution in [2.75, 3.05) is 42.9 Å². The molecule has 0 aromatic heterocycles. The predicted octanol–water partition coefficient (Wildman–Crippen LogP) is 3.57. The number of hydrogen-bond donors (Lipinski definition) is 1. The molecule has 0 aliphatic rings. The van der Waals surface area contributed by atoms with Gasteiger partial charge in [-0.25, -0.2) is 0 Å². The number of anilines is 2. The summed E-state index contributed by atoms with van der Waals surface area (Å²) in [6.45, 7) is 0.998. The summed E-state index contributed by atoms with van der Waals surface area (Å²) in [5, 5.41) is 4.16. The number of nitrogens with zero attached hydrogens (tertiary/aromatic N) is 1. The van der Waals surface area contributed by atoms with Crippen LogP contribution in [0.15, 0.2) is 18.2 Å². The van der Waals surface area contributed by atoms with E-state index in [4.69, 9.17) is 11.6 Å². The summed E-state index contributed by atoms with van der Waals surface area (Å²) in [6.07, 6.45) is 3.30. The highest BCUT2D eigenvalue weighted by Crippen LogP contribution is 2.27. The molecule has 0 amide bonds. The van der Waals surface area contributed by atoms with Crippen molar-refractivity contribution in [3.63, 3.8) is 0 Å². The molecule has 0 fully saturated rings. The molecule has 0 saturated carbocycles. The maximum Gasteiger partial charge on any atom is 0.0659 e. The minimum atomic E-state index is 0.792. The number of nitrogens with one attached hydrogen (secondary N) is 1. The van der Waals surface area contributed by atoms with Gasteiger partial charge in [0.15, 0.2) is 0 Å². The Balaban J connectivity index is 2.53. The van der Waals surface area contributed by atoms with Gasteiger partial charge >= 0.3 is 0 Å². The molecule has 1 rings (SSSR count). The Labute approximate surface area is 107 Å². The zero-order chi connectivity index (χ0) is 12.0. The van der Waals surface area contributed by atoms with Gasteiger partial charge in [-0.3, -0.25) is 0 Å². The lowest BCUT2D eigenvalue weighted by molar-refractivity contribution is 0.993. The molecule has 0 atom stereocenters. The SMILES string of the molecule is CSCCCNc1ccc(N(C)C)c(Cl)c1. The van der Waals surface area contributed by atoms with Crippen molar-refractivity contribution in [2.24, 2.45) is 0 Å². The number of rotatable bonds is 6. The second-order valence-electron chi connectivity index (χ2n) is 3.83. The molecule has 1 N–H and O–H groups in total. The average Bonchev–Trinajstić information content (AvgIpc) is 2.24. The third-order valence-electron chi connectivity index (χ3n) is 2.28. The zero-order valence-corrected chi connectivity index (χ0v) is 11.7. The normalized spacial score (nSPS) is 10.2. The first-order valence-corrected chi connectivity index (χ1v) is 7.12. The zero-order valence-electron chi connectivity index (χ0n) is 10.1. The molecule has 2 nitrogen and oxygen atoms in total. The van der Waals surface area contributed by atoms with E-state index in [1.54, 1.807) is 0 Å². The van der Waals surface area contributed by atoms with E-state index in [-0.39, 0.29) is 0 Å². The maximum atomic E-state index is 6.18. The largest absolute Gasteiger partial charge is 0.385 e. The van der Waals surface area contributed by atoms with Crippen LogP contribution in [0.2, 0.25) is 5.02 Å². The van der Waals surface area contributed by atoms with Crippen LogP contribution in [-0.4, -0.2) is 32.6 Å². The molecule has 0 radical (unpaired) electrons. The van der Waals surface area contributed by atoms with Crippen LogP contribution in [0, 0.1) is 0 Å². The van der Waals surface area contributed by atoms with Crippen molar-refractivity contribution in [3.05, 3.63) is 23.2 Å². The summed E-state index contributed by atoms with van der Waals surface area (Å²) in [5.74, 6) is 1.19. The summed E-state index contributed by atoms with van der Waals surface area (Å²) in [6, 6.07) is 6.09. The highest BCUT2D eigenvalue weighted by Gasteiger charge is 2.02. The maximum absolute atomic E-state index is 6.18. The summed E-state index contributed by atoms with van der Waals surface area (Å²) < 4.78 is 0. The quantitative estimate of drug-likeness (QED) is 0.786. The fraction of sp³-hybridized carbons (Fsp3) is 0.500. The molecule has 1 aromatic carbocycles. The molecule has 0 spiro atoms. The summed E-state index contributed by atoms with van der Waals surface area (Å²) in [7, 11) is 3.99. The molecule has 0 bridgehead atoms. The molecule has 0 aliphatic carbocycles. The van der Waals surface area contributed by atoms with Gasteiger partial charge in [-0.15, -0.1) is 0 Å². The minimum Gasteiger partial charge on any atom is -0.385 e. The van der Waals surface area contributed by atoms with Crippen LogP contribution in [0.1, 0.15) is 6.42 Å². The highest BCUT2D eigenvalue weighted by atomic mass is 35.5. The molecule has 0 unspecified atom stereocenters. The molecule has 16 heavy (non-hydrogen) atoms. The van der Waals surface area contributed by atoms with E-state index in [1.165, 1.54) is 12.2 Å². The first-order valence-electron chi connectivity index (χ1n) is 5.35. The molecule has 90 valence electrons. The molecule has 4 heteroatoms. The molecular formula is C12H19ClN2S. The predicted molar refractivity (Wildman–Crippen MR) is 77.3 cm³/mol. The number of benzene rings is 1. The Morgan fingerprint density at radius 1 is 1.38 bits per heavy atom. The molecule has 0 aliphatic heterocycles. The highest BCUT2D eigenvalue weighted by molar-refractivity contribution is 7.98. The van der Waals surface area contributed by atoms with Gasteiger partial charge in [0.25, 0.3) is 0 Å². The standard InChI is InChI=1S/C12H19ClN2S/c1-15(2)12-6-5-10(9-11(12)13)14-7-4-8-16-3/h5-6,9,14H,4,7-8H2,1-3H3. The van der Waals surface area contributed by atoms with Gasteiger partial charge in [0, 0.05) is 26.3 Å². The summed E-state index contributed by atoms with van der Waals surface area (Å²) in [5.41, 5.74) is 2.15. The van der Waals surface area contributed by atoms with Gasteiger partial charge in [0.05, 0.1) is 10.7 Å². The van der Waals surface area contributed by atoms with E-state index in [0.29, 0.717) is 0 Å². The first-order chi connectivity index (χ1) is 7.65. The second-order valence-corrected chi connectivity index (χ2v) is 5.23. The first kappa shape index (κ1) is 13.5. The molecular weight excluding hydrogens is 240 g/mol. The number of thioether (sulfide) groups is 1. The third kappa shape index (κ3) is 4.14. The lowest BCUT2D eigenvalue weighted by Crippen LogP contribution is -2.09. The minimum absolute atomic E-state index is 0.792. The van der Waals surface area contributed by atoms with Crippen LogP contribution in [0.3, 0.4) is 0 Å². The molecule has 0 heterocycles. The Bertz CT molecular complexity index is 329. The fourth-order valence-electron chi connectivity index (χ4n) is 1.43. The Morgan fingerprint density at radius 3 is 2.69 bits per heavy atom. The van der Waals surface area contributed by atoms with Crippen LogP contribution < -0.4 is 10.2 Å². The van der Waals surface area contributed by atoms with Crippen molar-refractivity contribution < 1.29 is 0 Å². The van der Waals surface area contributed by atoms with Crippen LogP contribution >= 0.6 is 23.4 Å². The Morgan fingerprint density at radius 2 is 2.12 bits per heavy atom. The number of hydrogen-bond acceptors (Lipinski definition) is 3. The van der Waals surface area contributed by atoms with E-state index in [2.05, 4.69) is 17.6 Å².